The fourth-order valence-electron chi connectivity index (χ4n) is 3.64. The van der Waals surface area contributed by atoms with Gasteiger partial charge < -0.3 is 15.0 Å². The summed E-state index contributed by atoms with van der Waals surface area (Å²) in [5, 5.41) is 2.98. The number of rotatable bonds is 11. The highest BCUT2D eigenvalue weighted by Gasteiger charge is 2.29. The number of hydrogen-bond donors (Lipinski definition) is 1. The fourth-order valence-corrected chi connectivity index (χ4v) is 3.64. The van der Waals surface area contributed by atoms with Crippen molar-refractivity contribution in [2.24, 2.45) is 0 Å². The molecular formula is C27H38N2O3. The molecule has 32 heavy (non-hydrogen) atoms. The number of hydrogen-bond acceptors (Lipinski definition) is 3. The molecule has 2 amide bonds. The minimum absolute atomic E-state index is 0.103. The molecule has 1 N–H and O–H groups in total. The molecule has 5 heteroatoms. The average Bonchev–Trinajstić information content (AvgIpc) is 2.77. The van der Waals surface area contributed by atoms with E-state index in [0.717, 1.165) is 24.0 Å². The Labute approximate surface area is 193 Å². The van der Waals surface area contributed by atoms with E-state index in [0.29, 0.717) is 25.3 Å². The van der Waals surface area contributed by atoms with Crippen LogP contribution >= 0.6 is 0 Å². The number of carbonyl (C=O) groups is 2. The molecule has 0 aromatic heterocycles. The second-order valence-corrected chi connectivity index (χ2v) is 9.11. The summed E-state index contributed by atoms with van der Waals surface area (Å²) in [6.07, 6.45) is 2.46. The molecule has 2 aromatic rings. The Bertz CT molecular complexity index is 859. The van der Waals surface area contributed by atoms with E-state index in [2.05, 4.69) is 33.0 Å². The van der Waals surface area contributed by atoms with Crippen molar-refractivity contribution in [2.45, 2.75) is 71.9 Å². The molecule has 2 aromatic carbocycles. The van der Waals surface area contributed by atoms with Crippen LogP contribution in [-0.4, -0.2) is 35.9 Å². The van der Waals surface area contributed by atoms with E-state index in [1.54, 1.807) is 4.90 Å². The minimum atomic E-state index is -0.541. The fraction of sp³-hybridized carbons (Fsp3) is 0.481. The van der Waals surface area contributed by atoms with Crippen LogP contribution in [0.5, 0.6) is 5.75 Å². The number of amides is 2. The van der Waals surface area contributed by atoms with Crippen molar-refractivity contribution in [3.05, 3.63) is 65.7 Å². The van der Waals surface area contributed by atoms with Crippen LogP contribution in [0.1, 0.15) is 65.0 Å². The third-order valence-electron chi connectivity index (χ3n) is 5.46. The molecule has 0 saturated heterocycles. The van der Waals surface area contributed by atoms with Gasteiger partial charge in [0.1, 0.15) is 11.8 Å². The Morgan fingerprint density at radius 1 is 1.00 bits per heavy atom. The summed E-state index contributed by atoms with van der Waals surface area (Å²) in [6, 6.07) is 17.0. The van der Waals surface area contributed by atoms with Crippen molar-refractivity contribution in [1.29, 1.82) is 0 Å². The number of unbranched alkanes of at least 4 members (excludes halogenated alkanes) is 1. The van der Waals surface area contributed by atoms with E-state index in [1.807, 2.05) is 61.5 Å². The van der Waals surface area contributed by atoms with E-state index in [1.165, 1.54) is 0 Å². The minimum Gasteiger partial charge on any atom is -0.483 e. The van der Waals surface area contributed by atoms with Gasteiger partial charge in [0.2, 0.25) is 5.91 Å². The van der Waals surface area contributed by atoms with Gasteiger partial charge in [0, 0.05) is 13.1 Å². The first-order chi connectivity index (χ1) is 15.3. The van der Waals surface area contributed by atoms with Gasteiger partial charge in [-0.15, -0.1) is 0 Å². The lowest BCUT2D eigenvalue weighted by molar-refractivity contribution is -0.143. The Morgan fingerprint density at radius 3 is 2.28 bits per heavy atom. The van der Waals surface area contributed by atoms with E-state index in [4.69, 9.17) is 4.74 Å². The number of carbonyl (C=O) groups excluding carboxylic acids is 2. The quantitative estimate of drug-likeness (QED) is 0.497. The van der Waals surface area contributed by atoms with E-state index < -0.39 is 6.04 Å². The van der Waals surface area contributed by atoms with Crippen molar-refractivity contribution < 1.29 is 14.3 Å². The van der Waals surface area contributed by atoms with Crippen molar-refractivity contribution >= 4 is 11.8 Å². The van der Waals surface area contributed by atoms with Gasteiger partial charge in [-0.05, 0) is 35.4 Å². The molecule has 0 fully saturated rings. The highest BCUT2D eigenvalue weighted by molar-refractivity contribution is 5.88. The van der Waals surface area contributed by atoms with Gasteiger partial charge in [-0.2, -0.15) is 0 Å². The van der Waals surface area contributed by atoms with Crippen LogP contribution < -0.4 is 10.1 Å². The predicted octanol–water partition coefficient (Wildman–Crippen LogP) is 5.09. The molecule has 0 aliphatic heterocycles. The molecule has 174 valence electrons. The molecular weight excluding hydrogens is 400 g/mol. The molecule has 0 spiro atoms. The molecule has 0 radical (unpaired) electrons. The van der Waals surface area contributed by atoms with Gasteiger partial charge in [-0.1, -0.05) is 89.6 Å². The molecule has 5 nitrogen and oxygen atoms in total. The van der Waals surface area contributed by atoms with Crippen LogP contribution in [0.15, 0.2) is 54.6 Å². The SMILES string of the molecule is CCCCNC(=O)C(CC)N(Cc1ccccc1)C(=O)COc1ccccc1C(C)(C)C. The molecule has 0 aliphatic carbocycles. The van der Waals surface area contributed by atoms with Crippen LogP contribution in [0, 0.1) is 0 Å². The monoisotopic (exact) mass is 438 g/mol. The zero-order valence-corrected chi connectivity index (χ0v) is 20.2. The average molecular weight is 439 g/mol. The number of para-hydroxylation sites is 1. The number of nitrogens with one attached hydrogen (secondary N) is 1. The summed E-state index contributed by atoms with van der Waals surface area (Å²) < 4.78 is 5.99. The van der Waals surface area contributed by atoms with Crippen LogP contribution in [0.4, 0.5) is 0 Å². The molecule has 0 heterocycles. The molecule has 0 bridgehead atoms. The van der Waals surface area contributed by atoms with Crippen molar-refractivity contribution in [2.75, 3.05) is 13.2 Å². The smallest absolute Gasteiger partial charge is 0.261 e. The van der Waals surface area contributed by atoms with Crippen LogP contribution in [0.25, 0.3) is 0 Å². The van der Waals surface area contributed by atoms with Gasteiger partial charge in [-0.3, -0.25) is 9.59 Å². The highest BCUT2D eigenvalue weighted by atomic mass is 16.5. The van der Waals surface area contributed by atoms with Gasteiger partial charge in [-0.25, -0.2) is 0 Å². The summed E-state index contributed by atoms with van der Waals surface area (Å²) in [7, 11) is 0. The topological polar surface area (TPSA) is 58.6 Å². The molecule has 0 aliphatic rings. The van der Waals surface area contributed by atoms with Crippen molar-refractivity contribution in [1.82, 2.24) is 10.2 Å². The lowest BCUT2D eigenvalue weighted by Gasteiger charge is -2.31. The van der Waals surface area contributed by atoms with Crippen molar-refractivity contribution in [3.8, 4) is 5.75 Å². The van der Waals surface area contributed by atoms with Crippen LogP contribution in [0.2, 0.25) is 0 Å². The third-order valence-corrected chi connectivity index (χ3v) is 5.46. The van der Waals surface area contributed by atoms with Gasteiger partial charge in [0.25, 0.3) is 5.91 Å². The summed E-state index contributed by atoms with van der Waals surface area (Å²) in [4.78, 5) is 27.9. The molecule has 0 saturated carbocycles. The number of ether oxygens (including phenoxy) is 1. The summed E-state index contributed by atoms with van der Waals surface area (Å²) in [5.41, 5.74) is 1.93. The first kappa shape index (κ1) is 25.4. The maximum absolute atomic E-state index is 13.3. The maximum atomic E-state index is 13.3. The van der Waals surface area contributed by atoms with Crippen LogP contribution in [0.3, 0.4) is 0 Å². The Balaban J connectivity index is 2.21. The lowest BCUT2D eigenvalue weighted by atomic mass is 9.86. The van der Waals surface area contributed by atoms with Crippen molar-refractivity contribution in [3.63, 3.8) is 0 Å². The lowest BCUT2D eigenvalue weighted by Crippen LogP contribution is -2.50. The van der Waals surface area contributed by atoms with Gasteiger partial charge in [0.05, 0.1) is 0 Å². The van der Waals surface area contributed by atoms with Crippen LogP contribution in [-0.2, 0) is 21.5 Å². The largest absolute Gasteiger partial charge is 0.483 e. The summed E-state index contributed by atoms with van der Waals surface area (Å²) >= 11 is 0. The zero-order valence-electron chi connectivity index (χ0n) is 20.2. The second-order valence-electron chi connectivity index (χ2n) is 9.11. The third kappa shape index (κ3) is 7.40. The number of benzene rings is 2. The molecule has 1 atom stereocenters. The molecule has 2 rings (SSSR count). The predicted molar refractivity (Wildman–Crippen MR) is 130 cm³/mol. The van der Waals surface area contributed by atoms with Gasteiger partial charge >= 0.3 is 0 Å². The highest BCUT2D eigenvalue weighted by Crippen LogP contribution is 2.31. The number of nitrogens with zero attached hydrogens (tertiary/aromatic N) is 1. The first-order valence-corrected chi connectivity index (χ1v) is 11.6. The van der Waals surface area contributed by atoms with E-state index in [-0.39, 0.29) is 23.8 Å². The Morgan fingerprint density at radius 2 is 1.66 bits per heavy atom. The first-order valence-electron chi connectivity index (χ1n) is 11.6. The maximum Gasteiger partial charge on any atom is 0.261 e. The summed E-state index contributed by atoms with van der Waals surface area (Å²) in [6.45, 7) is 11.2. The van der Waals surface area contributed by atoms with Gasteiger partial charge in [0.15, 0.2) is 6.61 Å². The second kappa shape index (κ2) is 12.3. The Kier molecular flexibility index (Phi) is 9.76. The Hall–Kier alpha value is -2.82. The summed E-state index contributed by atoms with van der Waals surface area (Å²) in [5.74, 6) is 0.392. The van der Waals surface area contributed by atoms with E-state index >= 15 is 0 Å². The zero-order chi connectivity index (χ0) is 23.6. The van der Waals surface area contributed by atoms with E-state index in [9.17, 15) is 9.59 Å². The normalized spacial score (nSPS) is 12.2. The standard InChI is InChI=1S/C27H38N2O3/c1-6-8-18-28-26(31)23(7-2)29(19-21-14-10-9-11-15-21)25(30)20-32-24-17-13-12-16-22(24)27(3,4)5/h9-17,23H,6-8,18-20H2,1-5H3,(H,28,31). The molecule has 1 unspecified atom stereocenters.